The first-order valence-corrected chi connectivity index (χ1v) is 7.37. The Morgan fingerprint density at radius 3 is 2.81 bits per heavy atom. The van der Waals surface area contributed by atoms with Gasteiger partial charge in [-0.25, -0.2) is 0 Å². The van der Waals surface area contributed by atoms with Crippen LogP contribution < -0.4 is 10.1 Å². The van der Waals surface area contributed by atoms with Gasteiger partial charge < -0.3 is 15.2 Å². The van der Waals surface area contributed by atoms with Gasteiger partial charge in [0.15, 0.2) is 0 Å². The molecule has 0 aliphatic carbocycles. The number of ether oxygens (including phenoxy) is 1. The lowest BCUT2D eigenvalue weighted by Gasteiger charge is -2.12. The molecule has 0 heterocycles. The van der Waals surface area contributed by atoms with E-state index >= 15 is 0 Å². The van der Waals surface area contributed by atoms with Crippen LogP contribution in [0.1, 0.15) is 17.5 Å². The molecular weight excluding hydrogens is 286 g/mol. The zero-order valence-corrected chi connectivity index (χ0v) is 12.9. The quantitative estimate of drug-likeness (QED) is 0.815. The molecule has 0 radical (unpaired) electrons. The van der Waals surface area contributed by atoms with E-state index in [1.165, 1.54) is 5.56 Å². The number of benzene rings is 2. The van der Waals surface area contributed by atoms with Gasteiger partial charge in [-0.15, -0.1) is 0 Å². The van der Waals surface area contributed by atoms with Crippen LogP contribution in [0.2, 0.25) is 5.02 Å². The Labute approximate surface area is 130 Å². The lowest BCUT2D eigenvalue weighted by atomic mass is 10.1. The molecule has 0 unspecified atom stereocenters. The van der Waals surface area contributed by atoms with Crippen molar-refractivity contribution in [2.45, 2.75) is 19.4 Å². The summed E-state index contributed by atoms with van der Waals surface area (Å²) in [5, 5.41) is 13.0. The van der Waals surface area contributed by atoms with Crippen molar-refractivity contribution in [3.63, 3.8) is 0 Å². The molecule has 2 N–H and O–H groups in total. The number of anilines is 1. The fraction of sp³-hybridized carbons (Fsp3) is 0.294. The van der Waals surface area contributed by atoms with Gasteiger partial charge in [-0.05, 0) is 48.7 Å². The normalized spacial score (nSPS) is 10.4. The van der Waals surface area contributed by atoms with Gasteiger partial charge in [0.1, 0.15) is 5.75 Å². The Morgan fingerprint density at radius 2 is 2.05 bits per heavy atom. The zero-order valence-electron chi connectivity index (χ0n) is 12.1. The molecule has 0 atom stereocenters. The molecule has 0 saturated heterocycles. The van der Waals surface area contributed by atoms with E-state index in [1.807, 2.05) is 30.3 Å². The van der Waals surface area contributed by atoms with E-state index in [-0.39, 0.29) is 6.61 Å². The molecule has 0 amide bonds. The summed E-state index contributed by atoms with van der Waals surface area (Å²) in [7, 11) is 1.66. The van der Waals surface area contributed by atoms with E-state index in [9.17, 15) is 0 Å². The van der Waals surface area contributed by atoms with Crippen molar-refractivity contribution in [3.8, 4) is 5.75 Å². The lowest BCUT2D eigenvalue weighted by molar-refractivity contribution is 0.288. The Morgan fingerprint density at radius 1 is 1.19 bits per heavy atom. The predicted octanol–water partition coefficient (Wildman–Crippen LogP) is 3.89. The van der Waals surface area contributed by atoms with Gasteiger partial charge in [-0.3, -0.25) is 0 Å². The van der Waals surface area contributed by atoms with E-state index in [1.54, 1.807) is 7.11 Å². The maximum absolute atomic E-state index is 8.89. The van der Waals surface area contributed by atoms with Crippen LogP contribution in [0.3, 0.4) is 0 Å². The van der Waals surface area contributed by atoms with Gasteiger partial charge >= 0.3 is 0 Å². The third-order valence-electron chi connectivity index (χ3n) is 3.28. The molecule has 2 aromatic carbocycles. The largest absolute Gasteiger partial charge is 0.496 e. The number of hydrogen-bond acceptors (Lipinski definition) is 3. The second kappa shape index (κ2) is 7.91. The molecule has 0 bridgehead atoms. The first-order valence-electron chi connectivity index (χ1n) is 6.99. The van der Waals surface area contributed by atoms with Gasteiger partial charge in [0.25, 0.3) is 0 Å². The first-order chi connectivity index (χ1) is 10.2. The minimum Gasteiger partial charge on any atom is -0.496 e. The summed E-state index contributed by atoms with van der Waals surface area (Å²) in [4.78, 5) is 0. The highest BCUT2D eigenvalue weighted by Crippen LogP contribution is 2.24. The summed E-state index contributed by atoms with van der Waals surface area (Å²) in [6.45, 7) is 0.866. The maximum Gasteiger partial charge on any atom is 0.123 e. The van der Waals surface area contributed by atoms with Gasteiger partial charge in [-0.1, -0.05) is 23.7 Å². The Balaban J connectivity index is 2.04. The van der Waals surface area contributed by atoms with Gasteiger partial charge in [0.2, 0.25) is 0 Å². The van der Waals surface area contributed by atoms with Crippen LogP contribution in [0.25, 0.3) is 0 Å². The number of hydrogen-bond donors (Lipinski definition) is 2. The van der Waals surface area contributed by atoms with Crippen molar-refractivity contribution in [3.05, 3.63) is 58.6 Å². The number of methoxy groups -OCH3 is 1. The molecule has 0 aliphatic heterocycles. The van der Waals surface area contributed by atoms with Crippen LogP contribution in [0.15, 0.2) is 42.5 Å². The monoisotopic (exact) mass is 305 g/mol. The van der Waals surface area contributed by atoms with Gasteiger partial charge in [0, 0.05) is 29.4 Å². The fourth-order valence-electron chi connectivity index (χ4n) is 2.20. The highest BCUT2D eigenvalue weighted by Gasteiger charge is 2.04. The molecule has 4 heteroatoms. The SMILES string of the molecule is COc1ccc(Cl)cc1CNc1cccc(CCCO)c1. The van der Waals surface area contributed by atoms with Crippen molar-refractivity contribution in [2.24, 2.45) is 0 Å². The maximum atomic E-state index is 8.89. The standard InChI is InChI=1S/C17H20ClNO2/c1-21-17-8-7-15(18)11-14(17)12-19-16-6-2-4-13(10-16)5-3-9-20/h2,4,6-8,10-11,19-20H,3,5,9,12H2,1H3. The van der Waals surface area contributed by atoms with Crippen molar-refractivity contribution in [1.82, 2.24) is 0 Å². The second-order valence-corrected chi connectivity index (χ2v) is 5.27. The van der Waals surface area contributed by atoms with Gasteiger partial charge in [0.05, 0.1) is 7.11 Å². The summed E-state index contributed by atoms with van der Waals surface area (Å²) >= 11 is 6.03. The number of aliphatic hydroxyl groups excluding tert-OH is 1. The van der Waals surface area contributed by atoms with Crippen molar-refractivity contribution >= 4 is 17.3 Å². The van der Waals surface area contributed by atoms with Crippen molar-refractivity contribution in [1.29, 1.82) is 0 Å². The minimum absolute atomic E-state index is 0.220. The number of nitrogens with one attached hydrogen (secondary N) is 1. The predicted molar refractivity (Wildman–Crippen MR) is 87.2 cm³/mol. The van der Waals surface area contributed by atoms with Crippen LogP contribution in [-0.2, 0) is 13.0 Å². The van der Waals surface area contributed by atoms with Gasteiger partial charge in [-0.2, -0.15) is 0 Å². The Bertz CT molecular complexity index is 587. The summed E-state index contributed by atoms with van der Waals surface area (Å²) < 4.78 is 5.34. The summed E-state index contributed by atoms with van der Waals surface area (Å²) in [5.74, 6) is 0.823. The average Bonchev–Trinajstić information content (AvgIpc) is 2.51. The van der Waals surface area contributed by atoms with Crippen molar-refractivity contribution in [2.75, 3.05) is 19.0 Å². The van der Waals surface area contributed by atoms with E-state index in [0.717, 1.165) is 29.8 Å². The average molecular weight is 306 g/mol. The smallest absolute Gasteiger partial charge is 0.123 e. The first kappa shape index (κ1) is 15.7. The molecule has 112 valence electrons. The van der Waals surface area contributed by atoms with Crippen LogP contribution >= 0.6 is 11.6 Å². The third-order valence-corrected chi connectivity index (χ3v) is 3.51. The molecule has 2 aromatic rings. The third kappa shape index (κ3) is 4.66. The minimum atomic E-state index is 0.220. The summed E-state index contributed by atoms with van der Waals surface area (Å²) in [6.07, 6.45) is 1.66. The fourth-order valence-corrected chi connectivity index (χ4v) is 2.40. The highest BCUT2D eigenvalue weighted by molar-refractivity contribution is 6.30. The molecule has 0 spiro atoms. The molecule has 2 rings (SSSR count). The molecule has 0 aliphatic rings. The van der Waals surface area contributed by atoms with E-state index in [4.69, 9.17) is 21.4 Å². The lowest BCUT2D eigenvalue weighted by Crippen LogP contribution is -2.02. The molecule has 0 saturated carbocycles. The Kier molecular flexibility index (Phi) is 5.90. The molecule has 21 heavy (non-hydrogen) atoms. The van der Waals surface area contributed by atoms with Crippen LogP contribution in [-0.4, -0.2) is 18.8 Å². The van der Waals surface area contributed by atoms with Crippen LogP contribution in [0.4, 0.5) is 5.69 Å². The molecule has 0 fully saturated rings. The number of halogens is 1. The number of aryl methyl sites for hydroxylation is 1. The molecular formula is C17H20ClNO2. The van der Waals surface area contributed by atoms with E-state index in [2.05, 4.69) is 17.4 Å². The molecule has 3 nitrogen and oxygen atoms in total. The number of aliphatic hydroxyl groups is 1. The highest BCUT2D eigenvalue weighted by atomic mass is 35.5. The molecule has 0 aromatic heterocycles. The van der Waals surface area contributed by atoms with Crippen LogP contribution in [0, 0.1) is 0 Å². The number of rotatable bonds is 7. The van der Waals surface area contributed by atoms with E-state index < -0.39 is 0 Å². The zero-order chi connectivity index (χ0) is 15.1. The van der Waals surface area contributed by atoms with Crippen LogP contribution in [0.5, 0.6) is 5.75 Å². The summed E-state index contributed by atoms with van der Waals surface area (Å²) in [5.41, 5.74) is 3.28. The van der Waals surface area contributed by atoms with E-state index in [0.29, 0.717) is 11.6 Å². The summed E-state index contributed by atoms with van der Waals surface area (Å²) in [6, 6.07) is 13.8. The topological polar surface area (TPSA) is 41.5 Å². The second-order valence-electron chi connectivity index (χ2n) is 4.84. The Hall–Kier alpha value is -1.71. The van der Waals surface area contributed by atoms with Crippen molar-refractivity contribution < 1.29 is 9.84 Å².